The minimum Gasteiger partial charge on any atom is -0.238 e. The van der Waals surface area contributed by atoms with Gasteiger partial charge >= 0.3 is 0 Å². The van der Waals surface area contributed by atoms with E-state index in [4.69, 9.17) is 0 Å². The first kappa shape index (κ1) is 15.2. The van der Waals surface area contributed by atoms with Crippen LogP contribution in [0.4, 0.5) is 0 Å². The summed E-state index contributed by atoms with van der Waals surface area (Å²) >= 11 is 0. The first-order chi connectivity index (χ1) is 11.5. The molecule has 0 N–H and O–H groups in total. The molecule has 1 heterocycles. The normalized spacial score (nSPS) is 14.8. The van der Waals surface area contributed by atoms with Crippen LogP contribution in [-0.4, -0.2) is 12.4 Å². The van der Waals surface area contributed by atoms with Gasteiger partial charge < -0.3 is 0 Å². The summed E-state index contributed by atoms with van der Waals surface area (Å²) in [5.41, 5.74) is 4.99. The SMILES string of the molecule is C=C1CCc2c(c3ccccc3n2S(=O)(=O)c2ccc(C)cc2)C1. The lowest BCUT2D eigenvalue weighted by Gasteiger charge is -2.18. The lowest BCUT2D eigenvalue weighted by atomic mass is 9.92. The van der Waals surface area contributed by atoms with E-state index in [1.165, 1.54) is 0 Å². The monoisotopic (exact) mass is 337 g/mol. The highest BCUT2D eigenvalue weighted by Gasteiger charge is 2.28. The van der Waals surface area contributed by atoms with Gasteiger partial charge in [0.05, 0.1) is 10.4 Å². The number of benzene rings is 2. The zero-order valence-corrected chi connectivity index (χ0v) is 14.4. The standard InChI is InChI=1S/C20H19NO2S/c1-14-7-10-16(11-8-14)24(22,23)21-19-6-4-3-5-17(19)18-13-15(2)9-12-20(18)21/h3-8,10-11H,2,9,12-13H2,1H3. The molecule has 1 aliphatic carbocycles. The van der Waals surface area contributed by atoms with Crippen molar-refractivity contribution < 1.29 is 8.42 Å². The van der Waals surface area contributed by atoms with E-state index in [9.17, 15) is 8.42 Å². The van der Waals surface area contributed by atoms with E-state index in [0.29, 0.717) is 11.3 Å². The molecule has 0 atom stereocenters. The van der Waals surface area contributed by atoms with E-state index in [1.807, 2.05) is 43.3 Å². The second-order valence-electron chi connectivity index (χ2n) is 6.45. The van der Waals surface area contributed by atoms with Gasteiger partial charge in [0.1, 0.15) is 0 Å². The average molecular weight is 337 g/mol. The maximum Gasteiger partial charge on any atom is 0.268 e. The Bertz CT molecular complexity index is 1060. The molecule has 0 saturated carbocycles. The molecule has 0 radical (unpaired) electrons. The largest absolute Gasteiger partial charge is 0.268 e. The minimum atomic E-state index is -3.61. The molecule has 0 fully saturated rings. The molecule has 4 heteroatoms. The number of fused-ring (bicyclic) bond motifs is 3. The van der Waals surface area contributed by atoms with Gasteiger partial charge in [0, 0.05) is 11.1 Å². The Labute approximate surface area is 142 Å². The molecule has 1 aliphatic rings. The number of aryl methyl sites for hydroxylation is 1. The fraction of sp³-hybridized carbons (Fsp3) is 0.200. The van der Waals surface area contributed by atoms with E-state index in [-0.39, 0.29) is 0 Å². The van der Waals surface area contributed by atoms with E-state index in [0.717, 1.165) is 46.1 Å². The zero-order valence-electron chi connectivity index (χ0n) is 13.6. The molecule has 0 spiro atoms. The van der Waals surface area contributed by atoms with Gasteiger partial charge in [-0.2, -0.15) is 0 Å². The van der Waals surface area contributed by atoms with E-state index in [1.54, 1.807) is 16.1 Å². The van der Waals surface area contributed by atoms with Gasteiger partial charge in [0.25, 0.3) is 10.0 Å². The van der Waals surface area contributed by atoms with Gasteiger partial charge in [-0.3, -0.25) is 0 Å². The topological polar surface area (TPSA) is 39.1 Å². The number of hydrogen-bond donors (Lipinski definition) is 0. The molecule has 4 rings (SSSR count). The van der Waals surface area contributed by atoms with Gasteiger partial charge in [0.15, 0.2) is 0 Å². The van der Waals surface area contributed by atoms with Crippen molar-refractivity contribution in [3.63, 3.8) is 0 Å². The minimum absolute atomic E-state index is 0.334. The summed E-state index contributed by atoms with van der Waals surface area (Å²) in [5, 5.41) is 1.02. The van der Waals surface area contributed by atoms with Gasteiger partial charge in [-0.25, -0.2) is 12.4 Å². The lowest BCUT2D eigenvalue weighted by Crippen LogP contribution is -2.18. The Morgan fingerprint density at radius 3 is 2.46 bits per heavy atom. The molecular weight excluding hydrogens is 318 g/mol. The van der Waals surface area contributed by atoms with Crippen molar-refractivity contribution in [3.8, 4) is 0 Å². The van der Waals surface area contributed by atoms with Crippen molar-refractivity contribution >= 4 is 20.9 Å². The van der Waals surface area contributed by atoms with Crippen LogP contribution in [0.3, 0.4) is 0 Å². The first-order valence-corrected chi connectivity index (χ1v) is 9.52. The lowest BCUT2D eigenvalue weighted by molar-refractivity contribution is 0.585. The first-order valence-electron chi connectivity index (χ1n) is 8.08. The van der Waals surface area contributed by atoms with Crippen LogP contribution in [0.2, 0.25) is 0 Å². The Morgan fingerprint density at radius 2 is 1.71 bits per heavy atom. The van der Waals surface area contributed by atoms with Crippen LogP contribution in [0.1, 0.15) is 23.2 Å². The molecule has 0 amide bonds. The predicted octanol–water partition coefficient (Wildman–Crippen LogP) is 4.23. The summed E-state index contributed by atoms with van der Waals surface area (Å²) in [5.74, 6) is 0. The highest BCUT2D eigenvalue weighted by atomic mass is 32.2. The number of allylic oxidation sites excluding steroid dienone is 1. The summed E-state index contributed by atoms with van der Waals surface area (Å²) in [7, 11) is -3.61. The molecule has 0 aliphatic heterocycles. The number of rotatable bonds is 2. The second kappa shape index (κ2) is 5.35. The van der Waals surface area contributed by atoms with Crippen molar-refractivity contribution in [1.29, 1.82) is 0 Å². The third-order valence-corrected chi connectivity index (χ3v) is 6.51. The third kappa shape index (κ3) is 2.21. The summed E-state index contributed by atoms with van der Waals surface area (Å²) < 4.78 is 28.2. The smallest absolute Gasteiger partial charge is 0.238 e. The number of hydrogen-bond acceptors (Lipinski definition) is 2. The number of aromatic nitrogens is 1. The molecule has 0 bridgehead atoms. The quantitative estimate of drug-likeness (QED) is 0.656. The second-order valence-corrected chi connectivity index (χ2v) is 8.24. The van der Waals surface area contributed by atoms with Crippen LogP contribution >= 0.6 is 0 Å². The maximum absolute atomic E-state index is 13.3. The molecule has 3 aromatic rings. The molecule has 1 aromatic heterocycles. The molecule has 0 saturated heterocycles. The predicted molar refractivity (Wildman–Crippen MR) is 96.9 cm³/mol. The van der Waals surface area contributed by atoms with Crippen LogP contribution < -0.4 is 0 Å². The van der Waals surface area contributed by atoms with Crippen molar-refractivity contribution in [3.05, 3.63) is 77.5 Å². The van der Waals surface area contributed by atoms with Gasteiger partial charge in [-0.15, -0.1) is 0 Å². The van der Waals surface area contributed by atoms with Crippen molar-refractivity contribution in [2.75, 3.05) is 0 Å². The molecular formula is C20H19NO2S. The molecule has 122 valence electrons. The van der Waals surface area contributed by atoms with E-state index in [2.05, 4.69) is 6.58 Å². The Kier molecular flexibility index (Phi) is 3.39. The van der Waals surface area contributed by atoms with Crippen LogP contribution in [0.5, 0.6) is 0 Å². The summed E-state index contributed by atoms with van der Waals surface area (Å²) in [4.78, 5) is 0.334. The van der Waals surface area contributed by atoms with Crippen LogP contribution in [0.25, 0.3) is 10.9 Å². The van der Waals surface area contributed by atoms with Crippen LogP contribution in [0.15, 0.2) is 65.6 Å². The average Bonchev–Trinajstić information content (AvgIpc) is 2.90. The molecule has 24 heavy (non-hydrogen) atoms. The van der Waals surface area contributed by atoms with Crippen LogP contribution in [0, 0.1) is 6.92 Å². The zero-order chi connectivity index (χ0) is 16.9. The maximum atomic E-state index is 13.3. The fourth-order valence-electron chi connectivity index (χ4n) is 3.50. The molecule has 3 nitrogen and oxygen atoms in total. The van der Waals surface area contributed by atoms with Gasteiger partial charge in [0.2, 0.25) is 0 Å². The summed E-state index contributed by atoms with van der Waals surface area (Å²) in [6, 6.07) is 14.8. The number of nitrogens with zero attached hydrogens (tertiary/aromatic N) is 1. The Morgan fingerprint density at radius 1 is 1.00 bits per heavy atom. The number of para-hydroxylation sites is 1. The van der Waals surface area contributed by atoms with Crippen LogP contribution in [-0.2, 0) is 22.9 Å². The van der Waals surface area contributed by atoms with E-state index < -0.39 is 10.0 Å². The Hall–Kier alpha value is -2.33. The highest BCUT2D eigenvalue weighted by Crippen LogP contribution is 2.36. The van der Waals surface area contributed by atoms with Crippen molar-refractivity contribution in [2.24, 2.45) is 0 Å². The molecule has 2 aromatic carbocycles. The third-order valence-electron chi connectivity index (χ3n) is 4.74. The highest BCUT2D eigenvalue weighted by molar-refractivity contribution is 7.90. The van der Waals surface area contributed by atoms with E-state index >= 15 is 0 Å². The Balaban J connectivity index is 2.03. The summed E-state index contributed by atoms with van der Waals surface area (Å²) in [6.45, 7) is 6.05. The van der Waals surface area contributed by atoms with Crippen molar-refractivity contribution in [1.82, 2.24) is 3.97 Å². The van der Waals surface area contributed by atoms with Crippen molar-refractivity contribution in [2.45, 2.75) is 31.1 Å². The van der Waals surface area contributed by atoms with Gasteiger partial charge in [-0.05, 0) is 49.9 Å². The fourth-order valence-corrected chi connectivity index (χ4v) is 5.10. The summed E-state index contributed by atoms with van der Waals surface area (Å²) in [6.07, 6.45) is 2.31. The van der Waals surface area contributed by atoms with Gasteiger partial charge in [-0.1, -0.05) is 48.0 Å². The molecule has 0 unspecified atom stereocenters.